The molecule has 17 nitrogen and oxygen atoms in total. The fraction of sp³-hybridized carbons (Fsp3) is 0.600. The van der Waals surface area contributed by atoms with Crippen LogP contribution in [-0.4, -0.2) is 59.6 Å². The van der Waals surface area contributed by atoms with E-state index in [-0.39, 0.29) is 11.4 Å². The largest absolute Gasteiger partial charge is 0.492 e. The fourth-order valence-electron chi connectivity index (χ4n) is 2.56. The summed E-state index contributed by atoms with van der Waals surface area (Å²) in [7, 11) is -15.7. The Bertz CT molecular complexity index is 1000. The van der Waals surface area contributed by atoms with Crippen molar-refractivity contribution in [1.82, 2.24) is 9.55 Å². The third-order valence-electron chi connectivity index (χ3n) is 3.85. The van der Waals surface area contributed by atoms with Crippen LogP contribution >= 0.6 is 23.5 Å². The molecule has 0 spiro atoms. The van der Waals surface area contributed by atoms with Crippen LogP contribution in [0.3, 0.4) is 0 Å². The number of hydrogen-bond donors (Lipinski definition) is 6. The average molecular weight is 495 g/mol. The van der Waals surface area contributed by atoms with Crippen molar-refractivity contribution in [1.29, 1.82) is 0 Å². The Morgan fingerprint density at radius 2 is 1.73 bits per heavy atom. The zero-order valence-corrected chi connectivity index (χ0v) is 17.2. The molecule has 1 aromatic heterocycles. The number of nitrogen functional groups attached to an aromatic ring is 1. The van der Waals surface area contributed by atoms with Gasteiger partial charge in [-0.15, -0.1) is 0 Å². The maximum Gasteiger partial charge on any atom is 0.492 e. The Labute approximate surface area is 166 Å². The number of nitrogens with zero attached hydrogens (tertiary/aromatic N) is 2. The quantitative estimate of drug-likeness (QED) is 0.249. The lowest BCUT2D eigenvalue weighted by atomic mass is 10.1. The molecule has 2 aliphatic rings. The summed E-state index contributed by atoms with van der Waals surface area (Å²) in [6.45, 7) is -1.55. The van der Waals surface area contributed by atoms with Crippen LogP contribution in [0.2, 0.25) is 0 Å². The Morgan fingerprint density at radius 3 is 2.30 bits per heavy atom. The molecule has 6 atom stereocenters. The van der Waals surface area contributed by atoms with Gasteiger partial charge < -0.3 is 35.6 Å². The van der Waals surface area contributed by atoms with Gasteiger partial charge in [0, 0.05) is 11.8 Å². The molecule has 170 valence electrons. The van der Waals surface area contributed by atoms with Crippen LogP contribution < -0.4 is 11.4 Å². The van der Waals surface area contributed by atoms with Crippen LogP contribution in [0.1, 0.15) is 11.8 Å². The van der Waals surface area contributed by atoms with Gasteiger partial charge in [-0.05, 0) is 0 Å². The molecular weight excluding hydrogens is 479 g/mol. The van der Waals surface area contributed by atoms with Gasteiger partial charge in [-0.2, -0.15) is 17.9 Å². The van der Waals surface area contributed by atoms with Gasteiger partial charge in [-0.25, -0.2) is 18.5 Å². The minimum atomic E-state index is -5.27. The van der Waals surface area contributed by atoms with E-state index in [9.17, 15) is 43.6 Å². The summed E-state index contributed by atoms with van der Waals surface area (Å²) in [4.78, 5) is 33.8. The summed E-state index contributed by atoms with van der Waals surface area (Å²) < 4.78 is 57.5. The minimum absolute atomic E-state index is 0.0189. The first-order chi connectivity index (χ1) is 13.8. The number of anilines is 1. The van der Waals surface area contributed by atoms with Crippen molar-refractivity contribution >= 4 is 29.3 Å². The van der Waals surface area contributed by atoms with Crippen LogP contribution in [-0.2, 0) is 42.5 Å². The van der Waals surface area contributed by atoms with E-state index in [1.165, 1.54) is 0 Å². The van der Waals surface area contributed by atoms with Gasteiger partial charge in [0.25, 0.3) is 0 Å². The smallest absolute Gasteiger partial charge is 0.391 e. The SMILES string of the molecule is Nc1nc(=O)n([C@@H]2O[C@H](COP3(=O)OP(=O)(O)OP(=O)(O)O3)[C@H](O)[C@@H]2O)cc1CO. The minimum Gasteiger partial charge on any atom is -0.391 e. The van der Waals surface area contributed by atoms with E-state index in [0.717, 1.165) is 10.8 Å². The predicted molar refractivity (Wildman–Crippen MR) is 91.2 cm³/mol. The molecule has 2 fully saturated rings. The highest BCUT2D eigenvalue weighted by molar-refractivity contribution is 7.74. The van der Waals surface area contributed by atoms with Crippen molar-refractivity contribution in [2.75, 3.05) is 12.3 Å². The molecule has 1 aromatic rings. The van der Waals surface area contributed by atoms with Gasteiger partial charge in [0.2, 0.25) is 0 Å². The molecule has 2 unspecified atom stereocenters. The molecule has 2 aliphatic heterocycles. The standard InChI is InChI=1S/C10H16N3O14P3/c11-8-4(2-14)1-13(10(17)12-8)9-7(16)6(15)5(24-9)3-23-30(22)26-28(18,19)25-29(20,21)27-30/h1,5-7,9,14-16H,2-3H2,(H,18,19)(H,20,21)(H2,11,12,17)/t5-,6+,7+,9-/m1/s1. The van der Waals surface area contributed by atoms with Crippen molar-refractivity contribution in [2.24, 2.45) is 0 Å². The van der Waals surface area contributed by atoms with E-state index in [1.807, 2.05) is 0 Å². The fourth-order valence-corrected chi connectivity index (χ4v) is 7.50. The Hall–Kier alpha value is -1.03. The Kier molecular flexibility index (Phi) is 6.42. The van der Waals surface area contributed by atoms with Crippen LogP contribution in [0.15, 0.2) is 11.0 Å². The topological polar surface area (TPSA) is 259 Å². The first-order valence-electron chi connectivity index (χ1n) is 7.80. The second-order valence-electron chi connectivity index (χ2n) is 5.97. The summed E-state index contributed by atoms with van der Waals surface area (Å²) in [5.74, 6) is -0.263. The zero-order valence-electron chi connectivity index (χ0n) is 14.5. The van der Waals surface area contributed by atoms with E-state index in [2.05, 4.69) is 22.4 Å². The Morgan fingerprint density at radius 1 is 1.13 bits per heavy atom. The van der Waals surface area contributed by atoms with Gasteiger partial charge in [0.1, 0.15) is 24.1 Å². The highest BCUT2D eigenvalue weighted by Gasteiger charge is 2.55. The molecule has 7 N–H and O–H groups in total. The van der Waals surface area contributed by atoms with Crippen LogP contribution in [0.5, 0.6) is 0 Å². The molecule has 30 heavy (non-hydrogen) atoms. The number of aliphatic hydroxyl groups excluding tert-OH is 3. The van der Waals surface area contributed by atoms with Crippen molar-refractivity contribution in [3.63, 3.8) is 0 Å². The maximum absolute atomic E-state index is 12.2. The lowest BCUT2D eigenvalue weighted by Gasteiger charge is -2.27. The molecule has 0 bridgehead atoms. The third kappa shape index (κ3) is 4.89. The molecule has 3 rings (SSSR count). The van der Waals surface area contributed by atoms with Crippen molar-refractivity contribution in [3.05, 3.63) is 22.2 Å². The number of rotatable bonds is 5. The molecule has 0 amide bonds. The summed E-state index contributed by atoms with van der Waals surface area (Å²) in [5.41, 5.74) is 4.49. The molecule has 0 radical (unpaired) electrons. The van der Waals surface area contributed by atoms with Crippen molar-refractivity contribution in [3.8, 4) is 0 Å². The average Bonchev–Trinajstić information content (AvgIpc) is 2.85. The Balaban J connectivity index is 1.77. The molecule has 0 aromatic carbocycles. The predicted octanol–water partition coefficient (Wildman–Crippen LogP) is -1.67. The molecule has 3 heterocycles. The zero-order chi connectivity index (χ0) is 22.5. The van der Waals surface area contributed by atoms with E-state index >= 15 is 0 Å². The highest BCUT2D eigenvalue weighted by Crippen LogP contribution is 2.80. The number of aromatic nitrogens is 2. The van der Waals surface area contributed by atoms with Gasteiger partial charge in [-0.3, -0.25) is 9.09 Å². The van der Waals surface area contributed by atoms with Gasteiger partial charge in [-0.1, -0.05) is 0 Å². The van der Waals surface area contributed by atoms with Gasteiger partial charge in [0.05, 0.1) is 13.2 Å². The molecule has 20 heteroatoms. The molecule has 0 aliphatic carbocycles. The maximum atomic E-state index is 12.2. The molecule has 2 saturated heterocycles. The van der Waals surface area contributed by atoms with E-state index in [0.29, 0.717) is 0 Å². The molecule has 0 saturated carbocycles. The normalized spacial score (nSPS) is 41.8. The lowest BCUT2D eigenvalue weighted by Crippen LogP contribution is -2.36. The monoisotopic (exact) mass is 495 g/mol. The van der Waals surface area contributed by atoms with Crippen molar-refractivity contribution in [2.45, 2.75) is 31.1 Å². The van der Waals surface area contributed by atoms with E-state index in [4.69, 9.17) is 10.5 Å². The second-order valence-corrected chi connectivity index (χ2v) is 11.0. The van der Waals surface area contributed by atoms with Crippen LogP contribution in [0.4, 0.5) is 5.82 Å². The summed E-state index contributed by atoms with van der Waals surface area (Å²) >= 11 is 0. The van der Waals surface area contributed by atoms with Gasteiger partial charge in [0.15, 0.2) is 6.23 Å². The van der Waals surface area contributed by atoms with E-state index in [1.54, 1.807) is 0 Å². The number of hydrogen-bond acceptors (Lipinski definition) is 14. The number of ether oxygens (including phenoxy) is 1. The number of aliphatic hydroxyl groups is 3. The number of nitrogens with two attached hydrogens (primary N) is 1. The van der Waals surface area contributed by atoms with Crippen molar-refractivity contribution < 1.29 is 61.0 Å². The van der Waals surface area contributed by atoms with Gasteiger partial charge >= 0.3 is 29.2 Å². The first kappa shape index (κ1) is 23.6. The molecular formula is C10H16N3O14P3. The number of phosphoric acid groups is 3. The van der Waals surface area contributed by atoms with Crippen LogP contribution in [0.25, 0.3) is 0 Å². The third-order valence-corrected chi connectivity index (χ3v) is 9.22. The summed E-state index contributed by atoms with van der Waals surface area (Å²) in [6.07, 6.45) is -5.55. The highest BCUT2D eigenvalue weighted by atomic mass is 31.3. The lowest BCUT2D eigenvalue weighted by molar-refractivity contribution is -0.0546. The second kappa shape index (κ2) is 8.15. The summed E-state index contributed by atoms with van der Waals surface area (Å²) in [6, 6.07) is 0. The summed E-state index contributed by atoms with van der Waals surface area (Å²) in [5, 5.41) is 29.5. The van der Waals surface area contributed by atoms with E-state index < -0.39 is 66.9 Å². The first-order valence-corrected chi connectivity index (χ1v) is 12.3. The van der Waals surface area contributed by atoms with Crippen LogP contribution in [0, 0.1) is 0 Å².